The number of hydrazine groups is 1. The molecule has 1 aliphatic rings. The second kappa shape index (κ2) is 8.74. The molecule has 0 unspecified atom stereocenters. The normalized spacial score (nSPS) is 16.3. The van der Waals surface area contributed by atoms with Crippen molar-refractivity contribution in [3.8, 4) is 0 Å². The predicted molar refractivity (Wildman–Crippen MR) is 103 cm³/mol. The van der Waals surface area contributed by atoms with Gasteiger partial charge in [-0.1, -0.05) is 5.21 Å². The van der Waals surface area contributed by atoms with Gasteiger partial charge in [0.25, 0.3) is 5.91 Å². The number of carbonyl (C=O) groups excluding carboxylic acids is 1. The van der Waals surface area contributed by atoms with Crippen molar-refractivity contribution in [1.82, 2.24) is 35.7 Å². The van der Waals surface area contributed by atoms with Crippen molar-refractivity contribution in [2.45, 2.75) is 44.8 Å². The van der Waals surface area contributed by atoms with Crippen LogP contribution in [-0.4, -0.2) is 63.1 Å². The van der Waals surface area contributed by atoms with E-state index in [-0.39, 0.29) is 5.91 Å². The average Bonchev–Trinajstić information content (AvgIpc) is 3.10. The van der Waals surface area contributed by atoms with Crippen molar-refractivity contribution in [3.63, 3.8) is 0 Å². The zero-order valence-corrected chi connectivity index (χ0v) is 16.7. The zero-order valence-electron chi connectivity index (χ0n) is 16.7. The van der Waals surface area contributed by atoms with Gasteiger partial charge in [-0.2, -0.15) is 0 Å². The lowest BCUT2D eigenvalue weighted by Crippen LogP contribution is -2.40. The van der Waals surface area contributed by atoms with Gasteiger partial charge in [0.2, 0.25) is 0 Å². The van der Waals surface area contributed by atoms with Crippen molar-refractivity contribution in [2.24, 2.45) is 0 Å². The van der Waals surface area contributed by atoms with E-state index in [0.29, 0.717) is 24.6 Å². The number of hydrogen-bond acceptors (Lipinski definition) is 6. The summed E-state index contributed by atoms with van der Waals surface area (Å²) >= 11 is 0. The lowest BCUT2D eigenvalue weighted by atomic mass is 9.93. The summed E-state index contributed by atoms with van der Waals surface area (Å²) in [6, 6.07) is 3.54. The number of carbonyl (C=O) groups is 1. The van der Waals surface area contributed by atoms with Crippen molar-refractivity contribution in [2.75, 3.05) is 26.7 Å². The molecular weight excluding hydrogens is 361 g/mol. The maximum Gasteiger partial charge on any atom is 0.266 e. The van der Waals surface area contributed by atoms with Crippen LogP contribution < -0.4 is 10.9 Å². The number of pyridine rings is 1. The quantitative estimate of drug-likeness (QED) is 0.698. The highest BCUT2D eigenvalue weighted by Gasteiger charge is 2.27. The SMILES string of the molecule is CNNC(=O)c1ccc(Cn2cc(C3CCN(CC(C)(C)F)CC3)nn2)nc1. The number of nitrogens with one attached hydrogen (secondary N) is 2. The summed E-state index contributed by atoms with van der Waals surface area (Å²) in [5.41, 5.74) is 6.21. The van der Waals surface area contributed by atoms with Crippen LogP contribution in [-0.2, 0) is 6.54 Å². The van der Waals surface area contributed by atoms with Crippen LogP contribution in [0.15, 0.2) is 24.5 Å². The van der Waals surface area contributed by atoms with E-state index in [1.54, 1.807) is 37.8 Å². The molecule has 0 spiro atoms. The summed E-state index contributed by atoms with van der Waals surface area (Å²) in [7, 11) is 1.63. The van der Waals surface area contributed by atoms with E-state index < -0.39 is 5.67 Å². The maximum absolute atomic E-state index is 13.8. The largest absolute Gasteiger partial charge is 0.300 e. The molecule has 1 amide bonds. The van der Waals surface area contributed by atoms with Crippen molar-refractivity contribution in [3.05, 3.63) is 41.5 Å². The van der Waals surface area contributed by atoms with Gasteiger partial charge >= 0.3 is 0 Å². The highest BCUT2D eigenvalue weighted by atomic mass is 19.1. The van der Waals surface area contributed by atoms with E-state index >= 15 is 0 Å². The minimum atomic E-state index is -1.16. The third kappa shape index (κ3) is 5.56. The fourth-order valence-corrected chi connectivity index (χ4v) is 3.50. The molecule has 152 valence electrons. The second-order valence-corrected chi connectivity index (χ2v) is 7.85. The smallest absolute Gasteiger partial charge is 0.266 e. The lowest BCUT2D eigenvalue weighted by molar-refractivity contribution is 0.0937. The first-order chi connectivity index (χ1) is 13.3. The van der Waals surface area contributed by atoms with Gasteiger partial charge in [0.1, 0.15) is 5.67 Å². The first-order valence-corrected chi connectivity index (χ1v) is 9.57. The molecule has 0 aliphatic carbocycles. The number of likely N-dealkylation sites (tertiary alicyclic amines) is 1. The number of hydrogen-bond donors (Lipinski definition) is 2. The molecule has 0 aromatic carbocycles. The highest BCUT2D eigenvalue weighted by Crippen LogP contribution is 2.27. The number of alkyl halides is 1. The molecule has 8 nitrogen and oxygen atoms in total. The molecule has 1 aliphatic heterocycles. The number of amides is 1. The van der Waals surface area contributed by atoms with Crippen LogP contribution in [0.25, 0.3) is 0 Å². The van der Waals surface area contributed by atoms with Gasteiger partial charge < -0.3 is 4.90 Å². The molecule has 2 N–H and O–H groups in total. The number of halogens is 1. The molecule has 3 heterocycles. The molecular formula is C19H28FN7O. The van der Waals surface area contributed by atoms with E-state index in [1.807, 2.05) is 12.3 Å². The fourth-order valence-electron chi connectivity index (χ4n) is 3.50. The topological polar surface area (TPSA) is 88.0 Å². The molecule has 0 saturated carbocycles. The monoisotopic (exact) mass is 389 g/mol. The van der Waals surface area contributed by atoms with Gasteiger partial charge in [0.05, 0.1) is 23.5 Å². The van der Waals surface area contributed by atoms with Gasteiger partial charge in [-0.3, -0.25) is 15.2 Å². The Morgan fingerprint density at radius 2 is 2.07 bits per heavy atom. The Labute approximate surface area is 164 Å². The van der Waals surface area contributed by atoms with Crippen molar-refractivity contribution in [1.29, 1.82) is 0 Å². The van der Waals surface area contributed by atoms with Gasteiger partial charge in [-0.15, -0.1) is 5.10 Å². The molecule has 0 radical (unpaired) electrons. The zero-order chi connectivity index (χ0) is 20.1. The van der Waals surface area contributed by atoms with Gasteiger partial charge in [0.15, 0.2) is 0 Å². The Hall–Kier alpha value is -2.39. The average molecular weight is 389 g/mol. The van der Waals surface area contributed by atoms with Crippen molar-refractivity contribution >= 4 is 5.91 Å². The van der Waals surface area contributed by atoms with Gasteiger partial charge in [0, 0.05) is 31.9 Å². The first kappa shape index (κ1) is 20.3. The third-order valence-corrected chi connectivity index (χ3v) is 4.81. The second-order valence-electron chi connectivity index (χ2n) is 7.85. The van der Waals surface area contributed by atoms with Gasteiger partial charge in [-0.25, -0.2) is 14.5 Å². The third-order valence-electron chi connectivity index (χ3n) is 4.81. The van der Waals surface area contributed by atoms with Crippen LogP contribution in [0, 0.1) is 0 Å². The standard InChI is InChI=1S/C19H28FN7O/c1-19(2,20)13-26-8-6-14(7-9-26)17-12-27(25-23-17)11-16-5-4-15(10-22-16)18(28)24-21-3/h4-5,10,12,14,21H,6-9,11,13H2,1-3H3,(H,24,28). The number of piperidine rings is 1. The van der Waals surface area contributed by atoms with Crippen LogP contribution in [0.2, 0.25) is 0 Å². The van der Waals surface area contributed by atoms with Crippen LogP contribution in [0.4, 0.5) is 4.39 Å². The number of rotatable bonds is 7. The summed E-state index contributed by atoms with van der Waals surface area (Å²) < 4.78 is 15.6. The summed E-state index contributed by atoms with van der Waals surface area (Å²) in [4.78, 5) is 18.2. The van der Waals surface area contributed by atoms with Crippen LogP contribution in [0.3, 0.4) is 0 Å². The molecule has 0 bridgehead atoms. The molecule has 2 aromatic heterocycles. The minimum absolute atomic E-state index is 0.230. The highest BCUT2D eigenvalue weighted by molar-refractivity contribution is 5.93. The van der Waals surface area contributed by atoms with Crippen LogP contribution in [0.5, 0.6) is 0 Å². The molecule has 28 heavy (non-hydrogen) atoms. The maximum atomic E-state index is 13.8. The van der Waals surface area contributed by atoms with E-state index in [4.69, 9.17) is 0 Å². The minimum Gasteiger partial charge on any atom is -0.300 e. The first-order valence-electron chi connectivity index (χ1n) is 9.57. The summed E-state index contributed by atoms with van der Waals surface area (Å²) in [6.45, 7) is 5.97. The molecule has 2 aromatic rings. The number of nitrogens with zero attached hydrogens (tertiary/aromatic N) is 5. The van der Waals surface area contributed by atoms with Crippen LogP contribution in [0.1, 0.15) is 54.4 Å². The Bertz CT molecular complexity index is 776. The summed E-state index contributed by atoms with van der Waals surface area (Å²) in [5, 5.41) is 8.54. The lowest BCUT2D eigenvalue weighted by Gasteiger charge is -2.33. The molecule has 0 atom stereocenters. The Morgan fingerprint density at radius 3 is 2.68 bits per heavy atom. The Kier molecular flexibility index (Phi) is 6.35. The Balaban J connectivity index is 1.54. The summed E-state index contributed by atoms with van der Waals surface area (Å²) in [6.07, 6.45) is 5.43. The molecule has 3 rings (SSSR count). The predicted octanol–water partition coefficient (Wildman–Crippen LogP) is 1.51. The molecule has 9 heteroatoms. The fraction of sp³-hybridized carbons (Fsp3) is 0.579. The van der Waals surface area contributed by atoms with E-state index in [2.05, 4.69) is 31.0 Å². The van der Waals surface area contributed by atoms with Crippen molar-refractivity contribution < 1.29 is 9.18 Å². The van der Waals surface area contributed by atoms with E-state index in [1.165, 1.54) is 0 Å². The van der Waals surface area contributed by atoms with Crippen LogP contribution >= 0.6 is 0 Å². The van der Waals surface area contributed by atoms with E-state index in [0.717, 1.165) is 37.3 Å². The van der Waals surface area contributed by atoms with E-state index in [9.17, 15) is 9.18 Å². The molecule has 1 fully saturated rings. The molecule has 1 saturated heterocycles. The Morgan fingerprint density at radius 1 is 1.32 bits per heavy atom. The summed E-state index contributed by atoms with van der Waals surface area (Å²) in [5.74, 6) is 0.125. The van der Waals surface area contributed by atoms with Gasteiger partial charge in [-0.05, 0) is 51.9 Å². The number of aromatic nitrogens is 4.